The van der Waals surface area contributed by atoms with Gasteiger partial charge in [-0.15, -0.1) is 0 Å². The van der Waals surface area contributed by atoms with Crippen LogP contribution in [0.1, 0.15) is 42.4 Å². The van der Waals surface area contributed by atoms with E-state index in [1.165, 1.54) is 0 Å². The van der Waals surface area contributed by atoms with E-state index in [0.717, 1.165) is 36.0 Å². The maximum absolute atomic E-state index is 13.4. The number of sulfonamides is 1. The van der Waals surface area contributed by atoms with Gasteiger partial charge in [0.1, 0.15) is 5.75 Å². The molecule has 0 aromatic heterocycles. The molecule has 1 atom stereocenters. The summed E-state index contributed by atoms with van der Waals surface area (Å²) in [5, 5.41) is 5.21. The van der Waals surface area contributed by atoms with E-state index < -0.39 is 21.8 Å². The van der Waals surface area contributed by atoms with Crippen molar-refractivity contribution in [3.8, 4) is 5.75 Å². The number of aryl methyl sites for hydroxylation is 2. The number of methoxy groups -OCH3 is 1. The Morgan fingerprint density at radius 3 is 2.56 bits per heavy atom. The van der Waals surface area contributed by atoms with Gasteiger partial charge in [-0.1, -0.05) is 36.8 Å². The molecule has 0 spiro atoms. The highest BCUT2D eigenvalue weighted by molar-refractivity contribution is 7.89. The first-order chi connectivity index (χ1) is 16.2. The molecule has 9 heteroatoms. The monoisotopic (exact) mass is 487 g/mol. The predicted octanol–water partition coefficient (Wildman–Crippen LogP) is 2.68. The van der Waals surface area contributed by atoms with Crippen LogP contribution in [-0.2, 0) is 26.2 Å². The molecule has 184 valence electrons. The molecule has 0 radical (unpaired) electrons. The number of hydrogen-bond donors (Lipinski definition) is 2. The smallest absolute Gasteiger partial charge is 0.309 e. The Bertz CT molecular complexity index is 1130. The van der Waals surface area contributed by atoms with E-state index in [1.54, 1.807) is 30.5 Å². The molecule has 1 aliphatic heterocycles. The highest BCUT2D eigenvalue weighted by Crippen LogP contribution is 2.29. The lowest BCUT2D eigenvalue weighted by atomic mass is 10.0. The Morgan fingerprint density at radius 2 is 1.79 bits per heavy atom. The summed E-state index contributed by atoms with van der Waals surface area (Å²) >= 11 is 0. The van der Waals surface area contributed by atoms with Gasteiger partial charge in [-0.05, 0) is 56.4 Å². The van der Waals surface area contributed by atoms with Crippen LogP contribution in [0.5, 0.6) is 5.75 Å². The number of rotatable bonds is 8. The van der Waals surface area contributed by atoms with Gasteiger partial charge in [0.15, 0.2) is 0 Å². The van der Waals surface area contributed by atoms with Crippen LogP contribution in [0.3, 0.4) is 0 Å². The molecule has 2 amide bonds. The first-order valence-corrected chi connectivity index (χ1v) is 12.9. The molecule has 8 nitrogen and oxygen atoms in total. The van der Waals surface area contributed by atoms with Crippen LogP contribution in [-0.4, -0.2) is 50.8 Å². The van der Waals surface area contributed by atoms with E-state index in [4.69, 9.17) is 4.74 Å². The number of nitrogens with zero attached hydrogens (tertiary/aromatic N) is 1. The predicted molar refractivity (Wildman–Crippen MR) is 130 cm³/mol. The molecule has 1 fully saturated rings. The molecular formula is C25H33N3O5S. The number of benzene rings is 2. The number of carbonyl (C=O) groups excluding carboxylic acids is 2. The first-order valence-electron chi connectivity index (χ1n) is 11.5. The molecule has 0 bridgehead atoms. The molecular weight excluding hydrogens is 454 g/mol. The minimum Gasteiger partial charge on any atom is -0.496 e. The Kier molecular flexibility index (Phi) is 8.68. The molecule has 1 aliphatic rings. The van der Waals surface area contributed by atoms with E-state index in [0.29, 0.717) is 23.6 Å². The molecule has 2 N–H and O–H groups in total. The third-order valence-corrected chi connectivity index (χ3v) is 8.20. The van der Waals surface area contributed by atoms with Crippen LogP contribution in [0.15, 0.2) is 47.4 Å². The molecule has 34 heavy (non-hydrogen) atoms. The zero-order chi connectivity index (χ0) is 24.7. The van der Waals surface area contributed by atoms with Crippen molar-refractivity contribution in [2.75, 3.05) is 20.2 Å². The number of nitrogens with one attached hydrogen (secondary N) is 2. The van der Waals surface area contributed by atoms with Crippen molar-refractivity contribution in [2.24, 2.45) is 0 Å². The van der Waals surface area contributed by atoms with Crippen LogP contribution in [0.4, 0.5) is 0 Å². The summed E-state index contributed by atoms with van der Waals surface area (Å²) in [5.74, 6) is -0.852. The first kappa shape index (κ1) is 25.7. The normalized spacial score (nSPS) is 16.6. The van der Waals surface area contributed by atoms with Crippen LogP contribution < -0.4 is 15.4 Å². The summed E-state index contributed by atoms with van der Waals surface area (Å²) < 4.78 is 33.6. The highest BCUT2D eigenvalue weighted by atomic mass is 32.2. The summed E-state index contributed by atoms with van der Waals surface area (Å²) in [6.07, 6.45) is 2.89. The van der Waals surface area contributed by atoms with Crippen molar-refractivity contribution in [2.45, 2.75) is 57.0 Å². The van der Waals surface area contributed by atoms with Gasteiger partial charge >= 0.3 is 11.8 Å². The lowest BCUT2D eigenvalue weighted by Crippen LogP contribution is -2.46. The minimum absolute atomic E-state index is 0.167. The van der Waals surface area contributed by atoms with Crippen molar-refractivity contribution in [1.29, 1.82) is 0 Å². The van der Waals surface area contributed by atoms with Gasteiger partial charge in [-0.2, -0.15) is 4.31 Å². The number of ether oxygens (including phenoxy) is 1. The third kappa shape index (κ3) is 6.15. The Balaban J connectivity index is 1.56. The fourth-order valence-electron chi connectivity index (χ4n) is 4.23. The van der Waals surface area contributed by atoms with Gasteiger partial charge in [-0.3, -0.25) is 9.59 Å². The van der Waals surface area contributed by atoms with E-state index >= 15 is 0 Å². The van der Waals surface area contributed by atoms with Gasteiger partial charge in [0.2, 0.25) is 10.0 Å². The molecule has 2 aromatic carbocycles. The summed E-state index contributed by atoms with van der Waals surface area (Å²) in [6.45, 7) is 4.51. The van der Waals surface area contributed by atoms with Crippen LogP contribution in [0.2, 0.25) is 0 Å². The summed E-state index contributed by atoms with van der Waals surface area (Å²) in [7, 11) is -2.10. The van der Waals surface area contributed by atoms with Crippen LogP contribution in [0.25, 0.3) is 0 Å². The largest absolute Gasteiger partial charge is 0.496 e. The fourth-order valence-corrected chi connectivity index (χ4v) is 6.26. The summed E-state index contributed by atoms with van der Waals surface area (Å²) in [6, 6.07) is 12.5. The summed E-state index contributed by atoms with van der Waals surface area (Å²) in [4.78, 5) is 24.8. The minimum atomic E-state index is -3.65. The van der Waals surface area contributed by atoms with Crippen LogP contribution >= 0.6 is 0 Å². The van der Waals surface area contributed by atoms with Gasteiger partial charge in [0.25, 0.3) is 0 Å². The zero-order valence-corrected chi connectivity index (χ0v) is 20.8. The van der Waals surface area contributed by atoms with Crippen molar-refractivity contribution in [1.82, 2.24) is 14.9 Å². The quantitative estimate of drug-likeness (QED) is 0.557. The van der Waals surface area contributed by atoms with E-state index in [1.807, 2.05) is 37.3 Å². The van der Waals surface area contributed by atoms with E-state index in [2.05, 4.69) is 10.6 Å². The Labute approximate surface area is 201 Å². The van der Waals surface area contributed by atoms with E-state index in [-0.39, 0.29) is 19.1 Å². The second kappa shape index (κ2) is 11.5. The number of carbonyl (C=O) groups is 2. The lowest BCUT2D eigenvalue weighted by Gasteiger charge is -2.35. The average Bonchev–Trinajstić information content (AvgIpc) is 2.84. The lowest BCUT2D eigenvalue weighted by molar-refractivity contribution is -0.139. The Morgan fingerprint density at radius 1 is 1.06 bits per heavy atom. The van der Waals surface area contributed by atoms with Gasteiger partial charge < -0.3 is 15.4 Å². The summed E-state index contributed by atoms with van der Waals surface area (Å²) in [5.41, 5.74) is 2.37. The maximum Gasteiger partial charge on any atom is 0.309 e. The van der Waals surface area contributed by atoms with Gasteiger partial charge in [0, 0.05) is 31.2 Å². The van der Waals surface area contributed by atoms with Crippen molar-refractivity contribution in [3.05, 3.63) is 59.2 Å². The average molecular weight is 488 g/mol. The number of hydrogen-bond acceptors (Lipinski definition) is 5. The second-order valence-corrected chi connectivity index (χ2v) is 10.4. The second-order valence-electron chi connectivity index (χ2n) is 8.57. The Hall–Kier alpha value is -2.91. The van der Waals surface area contributed by atoms with Crippen molar-refractivity contribution >= 4 is 21.8 Å². The molecule has 0 unspecified atom stereocenters. The number of amides is 2. The number of piperidine rings is 1. The fraction of sp³-hybridized carbons (Fsp3) is 0.440. The van der Waals surface area contributed by atoms with Crippen molar-refractivity contribution in [3.63, 3.8) is 0 Å². The molecule has 0 saturated carbocycles. The standard InChI is InChI=1S/C25H33N3O5S/c1-18-11-12-19(2)23(16-18)34(31,32)28-15-7-6-9-21(28)13-14-26-24(29)25(30)27-17-20-8-4-5-10-22(20)33-3/h4-5,8,10-12,16,21H,6-7,9,13-15,17H2,1-3H3,(H,26,29)(H,27,30)/t21-/m0/s1. The maximum atomic E-state index is 13.4. The molecule has 3 rings (SSSR count). The molecule has 2 aromatic rings. The zero-order valence-electron chi connectivity index (χ0n) is 20.0. The number of para-hydroxylation sites is 1. The molecule has 1 heterocycles. The topological polar surface area (TPSA) is 105 Å². The highest BCUT2D eigenvalue weighted by Gasteiger charge is 2.34. The molecule has 0 aliphatic carbocycles. The van der Waals surface area contributed by atoms with E-state index in [9.17, 15) is 18.0 Å². The van der Waals surface area contributed by atoms with Gasteiger partial charge in [-0.25, -0.2) is 8.42 Å². The van der Waals surface area contributed by atoms with Crippen molar-refractivity contribution < 1.29 is 22.7 Å². The van der Waals surface area contributed by atoms with Crippen LogP contribution in [0, 0.1) is 13.8 Å². The SMILES string of the molecule is COc1ccccc1CNC(=O)C(=O)NCC[C@@H]1CCCCN1S(=O)(=O)c1cc(C)ccc1C. The molecule has 1 saturated heterocycles. The van der Waals surface area contributed by atoms with Gasteiger partial charge in [0.05, 0.1) is 12.0 Å². The third-order valence-electron chi connectivity index (χ3n) is 6.10.